The fraction of sp³-hybridized carbons (Fsp3) is 0.429. The first-order valence-corrected chi connectivity index (χ1v) is 5.62. The Morgan fingerprint density at radius 3 is 2.67 bits per heavy atom. The van der Waals surface area contributed by atoms with Gasteiger partial charge in [-0.2, -0.15) is 0 Å². The molecule has 1 N–H and O–H groups in total. The van der Waals surface area contributed by atoms with E-state index in [1.165, 1.54) is 12.8 Å². The van der Waals surface area contributed by atoms with Crippen LogP contribution in [-0.4, -0.2) is 12.6 Å². The molecule has 2 rings (SSSR count). The van der Waals surface area contributed by atoms with E-state index >= 15 is 0 Å². The summed E-state index contributed by atoms with van der Waals surface area (Å²) in [7, 11) is 0. The van der Waals surface area contributed by atoms with E-state index in [4.69, 9.17) is 0 Å². The molecule has 0 amide bonds. The third-order valence-corrected chi connectivity index (χ3v) is 2.86. The SMILES string of the molecule is CC1CC(NCC#Cc2ccccc2)C1. The van der Waals surface area contributed by atoms with E-state index in [1.807, 2.05) is 30.3 Å². The van der Waals surface area contributed by atoms with E-state index in [1.54, 1.807) is 0 Å². The molecule has 78 valence electrons. The van der Waals surface area contributed by atoms with Gasteiger partial charge < -0.3 is 5.32 Å². The molecular weight excluding hydrogens is 182 g/mol. The molecule has 0 atom stereocenters. The Balaban J connectivity index is 1.72. The highest BCUT2D eigenvalue weighted by atomic mass is 14.9. The molecule has 0 radical (unpaired) electrons. The minimum atomic E-state index is 0.713. The quantitative estimate of drug-likeness (QED) is 0.721. The van der Waals surface area contributed by atoms with E-state index in [-0.39, 0.29) is 0 Å². The predicted octanol–water partition coefficient (Wildman–Crippen LogP) is 2.43. The number of rotatable bonds is 2. The van der Waals surface area contributed by atoms with Gasteiger partial charge in [0.15, 0.2) is 0 Å². The van der Waals surface area contributed by atoms with E-state index in [0.717, 1.165) is 18.0 Å². The molecule has 1 aromatic carbocycles. The molecule has 0 heterocycles. The number of benzene rings is 1. The van der Waals surface area contributed by atoms with Crippen LogP contribution in [0.25, 0.3) is 0 Å². The van der Waals surface area contributed by atoms with Gasteiger partial charge in [0.25, 0.3) is 0 Å². The van der Waals surface area contributed by atoms with Gasteiger partial charge in [-0.05, 0) is 30.9 Å². The minimum absolute atomic E-state index is 0.713. The summed E-state index contributed by atoms with van der Waals surface area (Å²) >= 11 is 0. The Bertz CT molecular complexity index is 352. The lowest BCUT2D eigenvalue weighted by Gasteiger charge is -2.32. The van der Waals surface area contributed by atoms with Gasteiger partial charge in [-0.3, -0.25) is 0 Å². The van der Waals surface area contributed by atoms with Crippen LogP contribution in [0.2, 0.25) is 0 Å². The molecule has 1 heteroatoms. The highest BCUT2D eigenvalue weighted by Crippen LogP contribution is 2.25. The van der Waals surface area contributed by atoms with Gasteiger partial charge in [0.1, 0.15) is 0 Å². The predicted molar refractivity (Wildman–Crippen MR) is 63.5 cm³/mol. The van der Waals surface area contributed by atoms with E-state index in [0.29, 0.717) is 6.04 Å². The highest BCUT2D eigenvalue weighted by molar-refractivity contribution is 5.33. The van der Waals surface area contributed by atoms with Crippen LogP contribution >= 0.6 is 0 Å². The van der Waals surface area contributed by atoms with E-state index in [9.17, 15) is 0 Å². The molecule has 0 spiro atoms. The van der Waals surface area contributed by atoms with E-state index < -0.39 is 0 Å². The summed E-state index contributed by atoms with van der Waals surface area (Å²) in [5, 5.41) is 3.45. The molecule has 0 bridgehead atoms. The van der Waals surface area contributed by atoms with Gasteiger partial charge in [0.05, 0.1) is 6.54 Å². The van der Waals surface area contributed by atoms with Crippen molar-refractivity contribution in [3.8, 4) is 11.8 Å². The summed E-state index contributed by atoms with van der Waals surface area (Å²) < 4.78 is 0. The molecule has 0 unspecified atom stereocenters. The third kappa shape index (κ3) is 3.11. The van der Waals surface area contributed by atoms with Gasteiger partial charge in [0, 0.05) is 11.6 Å². The molecule has 1 aromatic rings. The monoisotopic (exact) mass is 199 g/mol. The van der Waals surface area contributed by atoms with Gasteiger partial charge in [-0.25, -0.2) is 0 Å². The smallest absolute Gasteiger partial charge is 0.0582 e. The third-order valence-electron chi connectivity index (χ3n) is 2.86. The van der Waals surface area contributed by atoms with Gasteiger partial charge >= 0.3 is 0 Å². The van der Waals surface area contributed by atoms with Gasteiger partial charge in [0.2, 0.25) is 0 Å². The normalized spacial score (nSPS) is 23.8. The average molecular weight is 199 g/mol. The lowest BCUT2D eigenvalue weighted by molar-refractivity contribution is 0.249. The molecule has 0 aromatic heterocycles. The molecule has 1 aliphatic carbocycles. The van der Waals surface area contributed by atoms with Crippen molar-refractivity contribution in [1.82, 2.24) is 5.32 Å². The second-order valence-electron chi connectivity index (χ2n) is 4.32. The summed E-state index contributed by atoms with van der Waals surface area (Å²) in [5.74, 6) is 7.21. The summed E-state index contributed by atoms with van der Waals surface area (Å²) in [4.78, 5) is 0. The minimum Gasteiger partial charge on any atom is -0.303 e. The van der Waals surface area contributed by atoms with Crippen molar-refractivity contribution in [2.45, 2.75) is 25.8 Å². The van der Waals surface area contributed by atoms with Crippen LogP contribution in [0.15, 0.2) is 30.3 Å². The van der Waals surface area contributed by atoms with Crippen LogP contribution in [0.3, 0.4) is 0 Å². The number of nitrogens with one attached hydrogen (secondary N) is 1. The lowest BCUT2D eigenvalue weighted by Crippen LogP contribution is -2.40. The summed E-state index contributed by atoms with van der Waals surface area (Å²) in [5.41, 5.74) is 1.10. The summed E-state index contributed by atoms with van der Waals surface area (Å²) in [6, 6.07) is 10.8. The van der Waals surface area contributed by atoms with Crippen molar-refractivity contribution >= 4 is 0 Å². The Hall–Kier alpha value is -1.26. The first kappa shape index (κ1) is 10.3. The fourth-order valence-corrected chi connectivity index (χ4v) is 1.93. The van der Waals surface area contributed by atoms with E-state index in [2.05, 4.69) is 24.1 Å². The maximum atomic E-state index is 3.45. The zero-order chi connectivity index (χ0) is 10.5. The number of hydrogen-bond acceptors (Lipinski definition) is 1. The lowest BCUT2D eigenvalue weighted by atomic mass is 9.82. The maximum Gasteiger partial charge on any atom is 0.0582 e. The Morgan fingerprint density at radius 2 is 2.00 bits per heavy atom. The van der Waals surface area contributed by atoms with Gasteiger partial charge in [-0.15, -0.1) is 0 Å². The zero-order valence-electron chi connectivity index (χ0n) is 9.16. The van der Waals surface area contributed by atoms with Crippen LogP contribution in [0.4, 0.5) is 0 Å². The van der Waals surface area contributed by atoms with Crippen molar-refractivity contribution in [2.24, 2.45) is 5.92 Å². The molecule has 1 aliphatic rings. The van der Waals surface area contributed by atoms with Crippen LogP contribution in [-0.2, 0) is 0 Å². The fourth-order valence-electron chi connectivity index (χ4n) is 1.93. The Morgan fingerprint density at radius 1 is 1.27 bits per heavy atom. The highest BCUT2D eigenvalue weighted by Gasteiger charge is 2.23. The molecule has 1 fully saturated rings. The molecule has 15 heavy (non-hydrogen) atoms. The van der Waals surface area contributed by atoms with Crippen molar-refractivity contribution in [2.75, 3.05) is 6.54 Å². The zero-order valence-corrected chi connectivity index (χ0v) is 9.16. The topological polar surface area (TPSA) is 12.0 Å². The van der Waals surface area contributed by atoms with Crippen LogP contribution in [0.1, 0.15) is 25.3 Å². The molecular formula is C14H17N. The largest absolute Gasteiger partial charge is 0.303 e. The molecule has 0 aliphatic heterocycles. The Labute approximate surface area is 91.9 Å². The summed E-state index contributed by atoms with van der Waals surface area (Å²) in [6.07, 6.45) is 2.63. The van der Waals surface area contributed by atoms with Gasteiger partial charge in [-0.1, -0.05) is 37.0 Å². The molecule has 0 saturated heterocycles. The van der Waals surface area contributed by atoms with Crippen molar-refractivity contribution < 1.29 is 0 Å². The second kappa shape index (κ2) is 5.00. The van der Waals surface area contributed by atoms with Crippen LogP contribution < -0.4 is 5.32 Å². The maximum absolute atomic E-state index is 3.45. The Kier molecular flexibility index (Phi) is 3.42. The average Bonchev–Trinajstić information content (AvgIpc) is 2.23. The molecule has 1 nitrogen and oxygen atoms in total. The van der Waals surface area contributed by atoms with Crippen LogP contribution in [0, 0.1) is 17.8 Å². The van der Waals surface area contributed by atoms with Crippen molar-refractivity contribution in [3.05, 3.63) is 35.9 Å². The molecule has 1 saturated carbocycles. The summed E-state index contributed by atoms with van der Waals surface area (Å²) in [6.45, 7) is 3.11. The first-order valence-electron chi connectivity index (χ1n) is 5.62. The van der Waals surface area contributed by atoms with Crippen LogP contribution in [0.5, 0.6) is 0 Å². The second-order valence-corrected chi connectivity index (χ2v) is 4.32. The van der Waals surface area contributed by atoms with Crippen molar-refractivity contribution in [3.63, 3.8) is 0 Å². The van der Waals surface area contributed by atoms with Crippen molar-refractivity contribution in [1.29, 1.82) is 0 Å². The standard InChI is InChI=1S/C14H17N/c1-12-10-14(11-12)15-9-5-8-13-6-3-2-4-7-13/h2-4,6-7,12,14-15H,9-11H2,1H3. The number of hydrogen-bond donors (Lipinski definition) is 1. The first-order chi connectivity index (χ1) is 7.34.